The summed E-state index contributed by atoms with van der Waals surface area (Å²) in [6, 6.07) is 0. The van der Waals surface area contributed by atoms with Crippen molar-refractivity contribution in [1.82, 2.24) is 0 Å². The van der Waals surface area contributed by atoms with Gasteiger partial charge in [0.25, 0.3) is 0 Å². The van der Waals surface area contributed by atoms with Crippen molar-refractivity contribution >= 4 is 17.9 Å². The molecule has 0 aromatic heterocycles. The molecule has 0 saturated heterocycles. The second-order valence-electron chi connectivity index (χ2n) is 23.1. The summed E-state index contributed by atoms with van der Waals surface area (Å²) >= 11 is 0. The van der Waals surface area contributed by atoms with Crippen molar-refractivity contribution in [2.75, 3.05) is 13.2 Å². The van der Waals surface area contributed by atoms with Gasteiger partial charge >= 0.3 is 17.9 Å². The predicted molar refractivity (Wildman–Crippen MR) is 326 cm³/mol. The van der Waals surface area contributed by atoms with Crippen LogP contribution < -0.4 is 0 Å². The van der Waals surface area contributed by atoms with Crippen molar-refractivity contribution in [2.24, 2.45) is 0 Å². The van der Waals surface area contributed by atoms with E-state index in [0.29, 0.717) is 19.3 Å². The second-order valence-corrected chi connectivity index (χ2v) is 23.1. The maximum Gasteiger partial charge on any atom is 0.306 e. The molecule has 0 aliphatic carbocycles. The molecule has 0 saturated carbocycles. The molecule has 0 N–H and O–H groups in total. The summed E-state index contributed by atoms with van der Waals surface area (Å²) in [6.45, 7) is 6.70. The molecule has 0 radical (unpaired) electrons. The number of carbonyl (C=O) groups is 3. The molecule has 0 rings (SSSR count). The van der Waals surface area contributed by atoms with Gasteiger partial charge in [-0.25, -0.2) is 0 Å². The minimum atomic E-state index is -0.773. The number of rotatable bonds is 63. The second kappa shape index (κ2) is 64.4. The monoisotopic (exact) mass is 1050 g/mol. The van der Waals surface area contributed by atoms with E-state index in [1.807, 2.05) is 0 Å². The molecule has 442 valence electrons. The Morgan fingerprint density at radius 2 is 0.440 bits per heavy atom. The summed E-state index contributed by atoms with van der Waals surface area (Å²) in [5.74, 6) is -0.851. The topological polar surface area (TPSA) is 78.9 Å². The zero-order valence-electron chi connectivity index (χ0n) is 50.8. The molecule has 0 amide bonds. The van der Waals surface area contributed by atoms with E-state index >= 15 is 0 Å². The van der Waals surface area contributed by atoms with Crippen LogP contribution in [0.25, 0.3) is 0 Å². The number of allylic oxidation sites excluding steroid dienone is 4. The number of hydrogen-bond acceptors (Lipinski definition) is 6. The van der Waals surface area contributed by atoms with Gasteiger partial charge in [-0.1, -0.05) is 315 Å². The van der Waals surface area contributed by atoms with Crippen molar-refractivity contribution < 1.29 is 28.6 Å². The minimum Gasteiger partial charge on any atom is -0.462 e. The highest BCUT2D eigenvalue weighted by molar-refractivity contribution is 5.71. The molecule has 0 spiro atoms. The van der Waals surface area contributed by atoms with Crippen LogP contribution in [0.2, 0.25) is 0 Å². The van der Waals surface area contributed by atoms with E-state index in [1.54, 1.807) is 0 Å². The third kappa shape index (κ3) is 62.6. The number of unbranched alkanes of at least 4 members (excludes halogenated alkanes) is 48. The lowest BCUT2D eigenvalue weighted by atomic mass is 10.0. The SMILES string of the molecule is CCCCCCCC/C=C\CCCCCCCCCCCC(=O)OC(COC(=O)CCCCCCC/C=C\CCCCCCCC)COC(=O)CCCCCCCCCCCCCCCCCCCCCCCCC. The zero-order valence-corrected chi connectivity index (χ0v) is 50.8. The first-order valence-electron chi connectivity index (χ1n) is 33.8. The smallest absolute Gasteiger partial charge is 0.306 e. The summed E-state index contributed by atoms with van der Waals surface area (Å²) in [5.41, 5.74) is 0. The van der Waals surface area contributed by atoms with Gasteiger partial charge in [-0.15, -0.1) is 0 Å². The quantitative estimate of drug-likeness (QED) is 0.0261. The minimum absolute atomic E-state index is 0.0693. The summed E-state index contributed by atoms with van der Waals surface area (Å²) in [5, 5.41) is 0. The average molecular weight is 1060 g/mol. The summed E-state index contributed by atoms with van der Waals surface area (Å²) < 4.78 is 17.0. The molecule has 0 aliphatic rings. The van der Waals surface area contributed by atoms with Gasteiger partial charge in [-0.2, -0.15) is 0 Å². The standard InChI is InChI=1S/C69H130O6/c1-4-7-10-13-16-19-22-25-28-30-32-33-34-35-37-38-41-44-47-50-53-56-59-62-68(71)74-65-66(64-73-67(70)61-58-55-52-49-46-43-40-27-24-21-18-15-12-9-6-3)75-69(72)63-60-57-54-51-48-45-42-39-36-31-29-26-23-20-17-14-11-8-5-2/h26-27,29,40,66H,4-25,28,30-39,41-65H2,1-3H3/b29-26-,40-27-. The Morgan fingerprint density at radius 3 is 0.667 bits per heavy atom. The highest BCUT2D eigenvalue weighted by Gasteiger charge is 2.19. The van der Waals surface area contributed by atoms with Gasteiger partial charge in [0.05, 0.1) is 0 Å². The summed E-state index contributed by atoms with van der Waals surface area (Å²) in [6.07, 6.45) is 77.6. The molecule has 75 heavy (non-hydrogen) atoms. The van der Waals surface area contributed by atoms with Crippen LogP contribution in [0, 0.1) is 0 Å². The summed E-state index contributed by atoms with van der Waals surface area (Å²) in [4.78, 5) is 38.4. The molecule has 6 nitrogen and oxygen atoms in total. The largest absolute Gasteiger partial charge is 0.462 e. The lowest BCUT2D eigenvalue weighted by molar-refractivity contribution is -0.167. The van der Waals surface area contributed by atoms with Gasteiger partial charge in [0.15, 0.2) is 6.10 Å². The highest BCUT2D eigenvalue weighted by atomic mass is 16.6. The average Bonchev–Trinajstić information content (AvgIpc) is 3.41. The third-order valence-electron chi connectivity index (χ3n) is 15.4. The molecule has 0 aromatic rings. The van der Waals surface area contributed by atoms with Crippen LogP contribution in [0.1, 0.15) is 380 Å². The molecule has 1 unspecified atom stereocenters. The van der Waals surface area contributed by atoms with Crippen molar-refractivity contribution in [2.45, 2.75) is 386 Å². The lowest BCUT2D eigenvalue weighted by Gasteiger charge is -2.18. The van der Waals surface area contributed by atoms with E-state index in [4.69, 9.17) is 14.2 Å². The number of esters is 3. The first kappa shape index (κ1) is 72.9. The number of carbonyl (C=O) groups excluding carboxylic acids is 3. The van der Waals surface area contributed by atoms with Crippen LogP contribution in [-0.2, 0) is 28.6 Å². The van der Waals surface area contributed by atoms with E-state index in [0.717, 1.165) is 64.2 Å². The van der Waals surface area contributed by atoms with Crippen molar-refractivity contribution in [3.63, 3.8) is 0 Å². The maximum absolute atomic E-state index is 12.9. The first-order valence-corrected chi connectivity index (χ1v) is 33.8. The van der Waals surface area contributed by atoms with Crippen LogP contribution in [0.5, 0.6) is 0 Å². The normalized spacial score (nSPS) is 12.1. The molecule has 0 heterocycles. The van der Waals surface area contributed by atoms with E-state index in [1.165, 1.54) is 276 Å². The Labute approximate surface area is 468 Å². The lowest BCUT2D eigenvalue weighted by Crippen LogP contribution is -2.30. The first-order chi connectivity index (χ1) is 37.0. The maximum atomic E-state index is 12.9. The fourth-order valence-electron chi connectivity index (χ4n) is 10.3. The van der Waals surface area contributed by atoms with Gasteiger partial charge in [0.2, 0.25) is 0 Å². The third-order valence-corrected chi connectivity index (χ3v) is 15.4. The number of ether oxygens (including phenoxy) is 3. The van der Waals surface area contributed by atoms with E-state index in [2.05, 4.69) is 45.1 Å². The Bertz CT molecular complexity index is 1210. The van der Waals surface area contributed by atoms with Crippen molar-refractivity contribution in [1.29, 1.82) is 0 Å². The van der Waals surface area contributed by atoms with Crippen LogP contribution in [0.15, 0.2) is 24.3 Å². The molecule has 0 aliphatic heterocycles. The van der Waals surface area contributed by atoms with E-state index < -0.39 is 6.10 Å². The van der Waals surface area contributed by atoms with E-state index in [9.17, 15) is 14.4 Å². The Hall–Kier alpha value is -2.11. The summed E-state index contributed by atoms with van der Waals surface area (Å²) in [7, 11) is 0. The molecule has 0 aromatic carbocycles. The van der Waals surface area contributed by atoms with Crippen LogP contribution >= 0.6 is 0 Å². The molecule has 0 bridgehead atoms. The van der Waals surface area contributed by atoms with Gasteiger partial charge in [0.1, 0.15) is 13.2 Å². The van der Waals surface area contributed by atoms with Crippen molar-refractivity contribution in [3.05, 3.63) is 24.3 Å². The molecular formula is C69H130O6. The zero-order chi connectivity index (χ0) is 54.3. The fourth-order valence-corrected chi connectivity index (χ4v) is 10.3. The van der Waals surface area contributed by atoms with Crippen LogP contribution in [-0.4, -0.2) is 37.2 Å². The Balaban J connectivity index is 4.28. The van der Waals surface area contributed by atoms with E-state index in [-0.39, 0.29) is 31.1 Å². The highest BCUT2D eigenvalue weighted by Crippen LogP contribution is 2.18. The van der Waals surface area contributed by atoms with Crippen LogP contribution in [0.4, 0.5) is 0 Å². The fraction of sp³-hybridized carbons (Fsp3) is 0.899. The Morgan fingerprint density at radius 1 is 0.253 bits per heavy atom. The molecule has 6 heteroatoms. The van der Waals surface area contributed by atoms with Gasteiger partial charge in [-0.05, 0) is 70.6 Å². The van der Waals surface area contributed by atoms with Crippen molar-refractivity contribution in [3.8, 4) is 0 Å². The molecular weight excluding hydrogens is 925 g/mol. The van der Waals surface area contributed by atoms with Crippen LogP contribution in [0.3, 0.4) is 0 Å². The Kier molecular flexibility index (Phi) is 62.6. The van der Waals surface area contributed by atoms with Gasteiger partial charge in [0, 0.05) is 19.3 Å². The van der Waals surface area contributed by atoms with Gasteiger partial charge < -0.3 is 14.2 Å². The van der Waals surface area contributed by atoms with Gasteiger partial charge in [-0.3, -0.25) is 14.4 Å². The number of hydrogen-bond donors (Lipinski definition) is 0. The molecule has 0 fully saturated rings. The molecule has 1 atom stereocenters. The predicted octanol–water partition coefficient (Wildman–Crippen LogP) is 23.0.